The Hall–Kier alpha value is -2.34. The average molecular weight is 252 g/mol. The number of benzene rings is 1. The summed E-state index contributed by atoms with van der Waals surface area (Å²) in [5, 5.41) is 9.09. The fourth-order valence-electron chi connectivity index (χ4n) is 2.03. The van der Waals surface area contributed by atoms with Crippen molar-refractivity contribution in [3.05, 3.63) is 68.6 Å². The first kappa shape index (κ1) is 13.1. The van der Waals surface area contributed by atoms with E-state index in [0.29, 0.717) is 6.54 Å². The van der Waals surface area contributed by atoms with Gasteiger partial charge in [-0.25, -0.2) is 0 Å². The molecule has 0 fully saturated rings. The van der Waals surface area contributed by atoms with Gasteiger partial charge in [0.1, 0.15) is 11.6 Å². The Labute approximate surface area is 112 Å². The highest BCUT2D eigenvalue weighted by Gasteiger charge is 2.09. The zero-order valence-corrected chi connectivity index (χ0v) is 11.4. The van der Waals surface area contributed by atoms with E-state index < -0.39 is 0 Å². The van der Waals surface area contributed by atoms with Gasteiger partial charge < -0.3 is 4.57 Å². The molecular formula is C16H16N2O. The van der Waals surface area contributed by atoms with Crippen molar-refractivity contribution >= 4 is 0 Å². The molecule has 19 heavy (non-hydrogen) atoms. The van der Waals surface area contributed by atoms with Crippen molar-refractivity contribution < 1.29 is 0 Å². The van der Waals surface area contributed by atoms with E-state index in [1.165, 1.54) is 5.56 Å². The molecule has 96 valence electrons. The number of nitrogens with zero attached hydrogens (tertiary/aromatic N) is 2. The second kappa shape index (κ2) is 5.11. The summed E-state index contributed by atoms with van der Waals surface area (Å²) in [7, 11) is 0. The Bertz CT molecular complexity index is 703. The molecule has 0 amide bonds. The number of hydrogen-bond donors (Lipinski definition) is 0. The van der Waals surface area contributed by atoms with Crippen LogP contribution in [0.15, 0.2) is 35.3 Å². The minimum atomic E-state index is -0.217. The Kier molecular flexibility index (Phi) is 3.52. The third kappa shape index (κ3) is 2.58. The number of aryl methyl sites for hydroxylation is 2. The molecular weight excluding hydrogens is 236 g/mol. The monoisotopic (exact) mass is 252 g/mol. The minimum Gasteiger partial charge on any atom is -0.310 e. The third-order valence-electron chi connectivity index (χ3n) is 3.38. The number of aromatic nitrogens is 1. The van der Waals surface area contributed by atoms with Gasteiger partial charge in [-0.15, -0.1) is 0 Å². The van der Waals surface area contributed by atoms with Crippen LogP contribution in [-0.2, 0) is 6.54 Å². The zero-order valence-electron chi connectivity index (χ0n) is 11.4. The van der Waals surface area contributed by atoms with Crippen LogP contribution < -0.4 is 5.56 Å². The molecule has 0 N–H and O–H groups in total. The standard InChI is InChI=1S/C16H16N2O/c1-11-4-6-14(7-5-11)10-18-9-12(2)13(3)15(8-17)16(18)19/h4-7,9H,10H2,1-3H3. The molecule has 2 aromatic rings. The Morgan fingerprint density at radius 1 is 1.16 bits per heavy atom. The Morgan fingerprint density at radius 2 is 1.79 bits per heavy atom. The molecule has 0 spiro atoms. The summed E-state index contributed by atoms with van der Waals surface area (Å²) in [5.74, 6) is 0. The molecule has 1 aromatic heterocycles. The van der Waals surface area contributed by atoms with Crippen molar-refractivity contribution in [2.24, 2.45) is 0 Å². The molecule has 0 saturated carbocycles. The fourth-order valence-corrected chi connectivity index (χ4v) is 2.03. The molecule has 0 unspecified atom stereocenters. The minimum absolute atomic E-state index is 0.217. The van der Waals surface area contributed by atoms with Crippen LogP contribution >= 0.6 is 0 Å². The van der Waals surface area contributed by atoms with E-state index in [-0.39, 0.29) is 11.1 Å². The number of pyridine rings is 1. The molecule has 3 nitrogen and oxygen atoms in total. The highest BCUT2D eigenvalue weighted by atomic mass is 16.1. The van der Waals surface area contributed by atoms with Crippen molar-refractivity contribution in [1.29, 1.82) is 5.26 Å². The molecule has 0 atom stereocenters. The first-order valence-electron chi connectivity index (χ1n) is 6.19. The van der Waals surface area contributed by atoms with Crippen LogP contribution in [0.4, 0.5) is 0 Å². The smallest absolute Gasteiger partial charge is 0.269 e. The fraction of sp³-hybridized carbons (Fsp3) is 0.250. The Morgan fingerprint density at radius 3 is 2.37 bits per heavy atom. The van der Waals surface area contributed by atoms with Gasteiger partial charge in [0.15, 0.2) is 0 Å². The summed E-state index contributed by atoms with van der Waals surface area (Å²) >= 11 is 0. The normalized spacial score (nSPS) is 10.2. The maximum Gasteiger partial charge on any atom is 0.269 e. The van der Waals surface area contributed by atoms with Crippen LogP contribution in [0.1, 0.15) is 27.8 Å². The lowest BCUT2D eigenvalue weighted by Gasteiger charge is -2.10. The molecule has 0 bridgehead atoms. The van der Waals surface area contributed by atoms with Gasteiger partial charge in [0.25, 0.3) is 5.56 Å². The zero-order chi connectivity index (χ0) is 14.0. The lowest BCUT2D eigenvalue weighted by atomic mass is 10.1. The third-order valence-corrected chi connectivity index (χ3v) is 3.38. The van der Waals surface area contributed by atoms with Gasteiger partial charge in [0, 0.05) is 6.20 Å². The van der Waals surface area contributed by atoms with Crippen molar-refractivity contribution in [2.75, 3.05) is 0 Å². The largest absolute Gasteiger partial charge is 0.310 e. The quantitative estimate of drug-likeness (QED) is 0.825. The SMILES string of the molecule is Cc1ccc(Cn2cc(C)c(C)c(C#N)c2=O)cc1. The number of nitriles is 1. The summed E-state index contributed by atoms with van der Waals surface area (Å²) in [6.07, 6.45) is 1.82. The van der Waals surface area contributed by atoms with Gasteiger partial charge in [-0.1, -0.05) is 29.8 Å². The maximum absolute atomic E-state index is 12.2. The molecule has 0 saturated heterocycles. The highest BCUT2D eigenvalue weighted by molar-refractivity contribution is 5.39. The van der Waals surface area contributed by atoms with Crippen molar-refractivity contribution in [1.82, 2.24) is 4.57 Å². The van der Waals surface area contributed by atoms with E-state index in [0.717, 1.165) is 16.7 Å². The lowest BCUT2D eigenvalue weighted by Crippen LogP contribution is -2.24. The van der Waals surface area contributed by atoms with Gasteiger partial charge in [0.05, 0.1) is 6.54 Å². The number of rotatable bonds is 2. The summed E-state index contributed by atoms with van der Waals surface area (Å²) in [5.41, 5.74) is 4.00. The van der Waals surface area contributed by atoms with E-state index >= 15 is 0 Å². The lowest BCUT2D eigenvalue weighted by molar-refractivity contribution is 0.748. The summed E-state index contributed by atoms with van der Waals surface area (Å²) < 4.78 is 1.60. The van der Waals surface area contributed by atoms with Crippen LogP contribution in [-0.4, -0.2) is 4.57 Å². The van der Waals surface area contributed by atoms with Gasteiger partial charge in [0.2, 0.25) is 0 Å². The molecule has 0 radical (unpaired) electrons. The summed E-state index contributed by atoms with van der Waals surface area (Å²) in [6.45, 7) is 6.25. The molecule has 1 heterocycles. The highest BCUT2D eigenvalue weighted by Crippen LogP contribution is 2.10. The summed E-state index contributed by atoms with van der Waals surface area (Å²) in [4.78, 5) is 12.2. The number of hydrogen-bond acceptors (Lipinski definition) is 2. The van der Waals surface area contributed by atoms with E-state index in [1.807, 2.05) is 57.3 Å². The molecule has 0 aliphatic carbocycles. The van der Waals surface area contributed by atoms with E-state index in [1.54, 1.807) is 4.57 Å². The molecule has 2 rings (SSSR count). The second-order valence-corrected chi connectivity index (χ2v) is 4.84. The predicted octanol–water partition coefficient (Wildman–Crippen LogP) is 2.69. The van der Waals surface area contributed by atoms with Crippen molar-refractivity contribution in [3.63, 3.8) is 0 Å². The van der Waals surface area contributed by atoms with Gasteiger partial charge in [-0.3, -0.25) is 4.79 Å². The van der Waals surface area contributed by atoms with Crippen molar-refractivity contribution in [3.8, 4) is 6.07 Å². The van der Waals surface area contributed by atoms with E-state index in [2.05, 4.69) is 0 Å². The van der Waals surface area contributed by atoms with E-state index in [4.69, 9.17) is 5.26 Å². The topological polar surface area (TPSA) is 45.8 Å². The summed E-state index contributed by atoms with van der Waals surface area (Å²) in [6, 6.07) is 10.1. The van der Waals surface area contributed by atoms with Gasteiger partial charge in [-0.2, -0.15) is 5.26 Å². The maximum atomic E-state index is 12.2. The van der Waals surface area contributed by atoms with Gasteiger partial charge in [-0.05, 0) is 37.5 Å². The second-order valence-electron chi connectivity index (χ2n) is 4.84. The first-order chi connectivity index (χ1) is 9.02. The molecule has 3 heteroatoms. The van der Waals surface area contributed by atoms with Gasteiger partial charge >= 0.3 is 0 Å². The van der Waals surface area contributed by atoms with Crippen LogP contribution in [0.25, 0.3) is 0 Å². The van der Waals surface area contributed by atoms with Crippen LogP contribution in [0, 0.1) is 32.1 Å². The first-order valence-corrected chi connectivity index (χ1v) is 6.19. The van der Waals surface area contributed by atoms with Crippen LogP contribution in [0.3, 0.4) is 0 Å². The van der Waals surface area contributed by atoms with Crippen LogP contribution in [0.2, 0.25) is 0 Å². The van der Waals surface area contributed by atoms with Crippen molar-refractivity contribution in [2.45, 2.75) is 27.3 Å². The molecule has 0 aliphatic heterocycles. The van der Waals surface area contributed by atoms with Crippen LogP contribution in [0.5, 0.6) is 0 Å². The molecule has 0 aliphatic rings. The average Bonchev–Trinajstić information content (AvgIpc) is 2.39. The Balaban J connectivity index is 2.47. The molecule has 1 aromatic carbocycles. The predicted molar refractivity (Wildman–Crippen MR) is 75.2 cm³/mol. The van der Waals surface area contributed by atoms with E-state index in [9.17, 15) is 4.79 Å².